The summed E-state index contributed by atoms with van der Waals surface area (Å²) in [5.74, 6) is -0.764. The van der Waals surface area contributed by atoms with Crippen LogP contribution in [-0.2, 0) is 39.4 Å². The Hall–Kier alpha value is -3.91. The fraction of sp³-hybridized carbons (Fsp3) is 0.513. The number of methoxy groups -OCH3 is 2. The molecule has 3 aliphatic rings. The van der Waals surface area contributed by atoms with Crippen molar-refractivity contribution in [3.05, 3.63) is 82.0 Å². The first-order chi connectivity index (χ1) is 25.5. The van der Waals surface area contributed by atoms with Gasteiger partial charge in [-0.15, -0.1) is 9.46 Å². The minimum Gasteiger partial charge on any atom is -0.491 e. The van der Waals surface area contributed by atoms with E-state index in [0.717, 1.165) is 43.4 Å². The Kier molecular flexibility index (Phi) is 12.5. The molecular weight excluding hydrogens is 718 g/mol. The molecule has 6 atom stereocenters. The van der Waals surface area contributed by atoms with Crippen molar-refractivity contribution in [2.45, 2.75) is 64.7 Å². The molecule has 1 aliphatic carbocycles. The third-order valence-electron chi connectivity index (χ3n) is 10.4. The number of anilines is 1. The number of rotatable bonds is 6. The van der Waals surface area contributed by atoms with E-state index in [4.69, 9.17) is 30.5 Å². The number of carbonyl (C=O) groups is 2. The Morgan fingerprint density at radius 2 is 1.91 bits per heavy atom. The predicted octanol–water partition coefficient (Wildman–Crippen LogP) is 6.41. The number of aromatic nitrogens is 2. The molecule has 0 saturated heterocycles. The van der Waals surface area contributed by atoms with E-state index in [1.165, 1.54) is 23.6 Å². The van der Waals surface area contributed by atoms with Gasteiger partial charge in [-0.2, -0.15) is 0 Å². The van der Waals surface area contributed by atoms with Gasteiger partial charge in [0.25, 0.3) is 11.8 Å². The third kappa shape index (κ3) is 9.08. The maximum absolute atomic E-state index is 14.8. The number of aryl methyl sites for hydroxylation is 2. The minimum atomic E-state index is -3.73. The average Bonchev–Trinajstić information content (AvgIpc) is 3.50. The highest BCUT2D eigenvalue weighted by Crippen LogP contribution is 2.42. The van der Waals surface area contributed by atoms with Crippen molar-refractivity contribution in [1.82, 2.24) is 14.5 Å². The summed E-state index contributed by atoms with van der Waals surface area (Å²) in [4.78, 5) is 30.1. The molecule has 3 aromatic rings. The van der Waals surface area contributed by atoms with Crippen LogP contribution in [0, 0.1) is 17.8 Å². The summed E-state index contributed by atoms with van der Waals surface area (Å²) >= 11 is 6.48. The number of carbonyl (C=O) groups excluding carboxylic acids is 2. The minimum absolute atomic E-state index is 0.0590. The van der Waals surface area contributed by atoms with E-state index in [0.29, 0.717) is 43.0 Å². The Balaban J connectivity index is 1.48. The number of nitrogens with zero attached hydrogens (tertiary/aromatic N) is 4. The second-order valence-corrected chi connectivity index (χ2v) is 16.6. The molecule has 0 spiro atoms. The highest BCUT2D eigenvalue weighted by molar-refractivity contribution is 7.92. The number of hydrogen-bond donors (Lipinski definition) is 1. The first-order valence-corrected chi connectivity index (χ1v) is 20.4. The maximum atomic E-state index is 14.8. The van der Waals surface area contributed by atoms with Crippen LogP contribution >= 0.6 is 11.6 Å². The summed E-state index contributed by atoms with van der Waals surface area (Å²) in [7, 11) is 1.03. The van der Waals surface area contributed by atoms with Gasteiger partial charge in [0, 0.05) is 56.6 Å². The highest BCUT2D eigenvalue weighted by atomic mass is 35.5. The molecule has 1 unspecified atom stereocenters. The van der Waals surface area contributed by atoms with Crippen molar-refractivity contribution in [3.8, 4) is 11.6 Å². The summed E-state index contributed by atoms with van der Waals surface area (Å²) in [6.45, 7) is 5.93. The van der Waals surface area contributed by atoms with Crippen LogP contribution in [-0.4, -0.2) is 77.7 Å². The second kappa shape index (κ2) is 17.0. The molecule has 1 fully saturated rings. The van der Waals surface area contributed by atoms with Gasteiger partial charge in [0.15, 0.2) is 0 Å². The van der Waals surface area contributed by atoms with E-state index in [-0.39, 0.29) is 34.8 Å². The van der Waals surface area contributed by atoms with Gasteiger partial charge < -0.3 is 23.8 Å². The number of nitrogens with one attached hydrogen (secondary N) is 1. The molecule has 14 heteroatoms. The largest absolute Gasteiger partial charge is 0.491 e. The number of fused-ring (bicyclic) bond motifs is 3. The van der Waals surface area contributed by atoms with Crippen molar-refractivity contribution in [2.75, 3.05) is 44.6 Å². The molecule has 286 valence electrons. The van der Waals surface area contributed by atoms with Gasteiger partial charge in [0.1, 0.15) is 21.2 Å². The topological polar surface area (TPSA) is 134 Å². The number of hydrogen-bond acceptors (Lipinski definition) is 9. The van der Waals surface area contributed by atoms with Crippen molar-refractivity contribution in [1.29, 1.82) is 0 Å². The van der Waals surface area contributed by atoms with Crippen molar-refractivity contribution in [3.63, 3.8) is 0 Å². The van der Waals surface area contributed by atoms with Crippen LogP contribution in [0.15, 0.2) is 59.1 Å². The van der Waals surface area contributed by atoms with Crippen molar-refractivity contribution < 1.29 is 32.7 Å². The Morgan fingerprint density at radius 1 is 1.09 bits per heavy atom. The SMILES string of the molecule is CCO[C@H]1/C=C/[C@H](OC)[C@@H]2CC[C@H]2CN2Cc3ccc(Cl)cc3CCCCOc3ccc(cc32)C(=O)N=S(=O)(NC(=O)c2cn(C)nc2OC)C[C@H]1C. The van der Waals surface area contributed by atoms with Crippen LogP contribution in [0.3, 0.4) is 0 Å². The zero-order valence-electron chi connectivity index (χ0n) is 31.1. The van der Waals surface area contributed by atoms with Crippen LogP contribution in [0.2, 0.25) is 5.02 Å². The highest BCUT2D eigenvalue weighted by Gasteiger charge is 2.38. The van der Waals surface area contributed by atoms with Gasteiger partial charge >= 0.3 is 0 Å². The smallest absolute Gasteiger partial charge is 0.286 e. The summed E-state index contributed by atoms with van der Waals surface area (Å²) in [6, 6.07) is 11.3. The first-order valence-electron chi connectivity index (χ1n) is 18.3. The lowest BCUT2D eigenvalue weighted by Crippen LogP contribution is -2.43. The molecule has 2 amide bonds. The van der Waals surface area contributed by atoms with Crippen molar-refractivity contribution in [2.24, 2.45) is 29.2 Å². The monoisotopic (exact) mass is 767 g/mol. The number of halogens is 1. The predicted molar refractivity (Wildman–Crippen MR) is 205 cm³/mol. The van der Waals surface area contributed by atoms with E-state index >= 15 is 0 Å². The molecule has 3 heterocycles. The molecule has 2 aromatic carbocycles. The Morgan fingerprint density at radius 3 is 2.64 bits per heavy atom. The summed E-state index contributed by atoms with van der Waals surface area (Å²) in [5.41, 5.74) is 3.39. The quantitative estimate of drug-likeness (QED) is 0.283. The van der Waals surface area contributed by atoms with Gasteiger partial charge in [-0.05, 0) is 92.3 Å². The molecule has 2 bridgehead atoms. The van der Waals surface area contributed by atoms with Gasteiger partial charge in [-0.1, -0.05) is 36.7 Å². The molecule has 6 rings (SSSR count). The van der Waals surface area contributed by atoms with Crippen LogP contribution in [0.25, 0.3) is 0 Å². The number of benzene rings is 2. The Labute approximate surface area is 317 Å². The van der Waals surface area contributed by atoms with E-state index in [1.54, 1.807) is 32.4 Å². The molecule has 0 radical (unpaired) electrons. The lowest BCUT2D eigenvalue weighted by Gasteiger charge is -2.43. The third-order valence-corrected chi connectivity index (χ3v) is 12.6. The molecule has 12 nitrogen and oxygen atoms in total. The van der Waals surface area contributed by atoms with Gasteiger partial charge in [-0.25, -0.2) is 4.21 Å². The standard InChI is InChI=1S/C39H50ClN5O7S/c1-6-51-34-16-17-35(49-4)31-14-11-29(31)22-45-21-28-10-13-30(40)19-26(28)9-7-8-18-52-36-15-12-27(20-33(36)45)37(46)42-53(48,24-25(34)2)43-38(47)32-23-44(3)41-39(32)50-5/h10,12-13,15-17,19-20,23,25,29,31,34-35H,6-9,11,14,18,21-22,24H2,1-5H3,(H,42,43,46,47,48)/b17-16+/t25-,29+,31-,34+,35+,53?/m1/s1. The van der Waals surface area contributed by atoms with Crippen LogP contribution in [0.5, 0.6) is 11.6 Å². The molecular formula is C39H50ClN5O7S. The zero-order chi connectivity index (χ0) is 37.7. The zero-order valence-corrected chi connectivity index (χ0v) is 32.7. The van der Waals surface area contributed by atoms with Gasteiger partial charge in [0.2, 0.25) is 5.88 Å². The number of amides is 2. The summed E-state index contributed by atoms with van der Waals surface area (Å²) < 4.78 is 47.1. The summed E-state index contributed by atoms with van der Waals surface area (Å²) in [5, 5.41) is 4.86. The van der Waals surface area contributed by atoms with E-state index < -0.39 is 33.8 Å². The first kappa shape index (κ1) is 38.8. The fourth-order valence-electron chi connectivity index (χ4n) is 7.52. The fourth-order valence-corrected chi connectivity index (χ4v) is 9.60. The molecule has 53 heavy (non-hydrogen) atoms. The average molecular weight is 768 g/mol. The normalized spacial score (nSPS) is 27.1. The molecule has 1 N–H and O–H groups in total. The van der Waals surface area contributed by atoms with Crippen molar-refractivity contribution >= 4 is 39.0 Å². The van der Waals surface area contributed by atoms with Crippen LogP contribution in [0.4, 0.5) is 5.69 Å². The van der Waals surface area contributed by atoms with E-state index in [2.05, 4.69) is 25.1 Å². The summed E-state index contributed by atoms with van der Waals surface area (Å²) in [6.07, 6.45) is 9.49. The second-order valence-electron chi connectivity index (χ2n) is 14.1. The van der Waals surface area contributed by atoms with Gasteiger partial charge in [0.05, 0.1) is 37.4 Å². The maximum Gasteiger partial charge on any atom is 0.286 e. The van der Waals surface area contributed by atoms with E-state index in [1.807, 2.05) is 38.1 Å². The van der Waals surface area contributed by atoms with E-state index in [9.17, 15) is 13.8 Å². The molecule has 1 aromatic heterocycles. The lowest BCUT2D eigenvalue weighted by molar-refractivity contribution is 0.0114. The molecule has 1 saturated carbocycles. The lowest BCUT2D eigenvalue weighted by atomic mass is 9.70. The number of ether oxygens (including phenoxy) is 4. The van der Waals surface area contributed by atoms with Crippen LogP contribution < -0.4 is 19.1 Å². The van der Waals surface area contributed by atoms with Gasteiger partial charge in [-0.3, -0.25) is 19.0 Å². The molecule has 2 aliphatic heterocycles. The van der Waals surface area contributed by atoms with Crippen LogP contribution in [0.1, 0.15) is 71.4 Å². The Bertz CT molecular complexity index is 1960.